The Labute approximate surface area is 97.6 Å². The van der Waals surface area contributed by atoms with Crippen LogP contribution in [0.4, 0.5) is 11.4 Å². The van der Waals surface area contributed by atoms with Crippen molar-refractivity contribution in [2.45, 2.75) is 6.10 Å². The van der Waals surface area contributed by atoms with E-state index in [0.717, 1.165) is 0 Å². The lowest BCUT2D eigenvalue weighted by atomic mass is 10.2. The number of hydrogen-bond acceptors (Lipinski definition) is 4. The molecule has 0 heterocycles. The normalized spacial score (nSPS) is 12.5. The Bertz CT molecular complexity index is 347. The Hall–Kier alpha value is -0.680. The second-order valence-electron chi connectivity index (χ2n) is 3.07. The van der Waals surface area contributed by atoms with Crippen LogP contribution in [0.15, 0.2) is 12.1 Å². The van der Waals surface area contributed by atoms with Gasteiger partial charge in [-0.2, -0.15) is 0 Å². The van der Waals surface area contributed by atoms with Gasteiger partial charge < -0.3 is 21.3 Å². The highest BCUT2D eigenvalue weighted by Gasteiger charge is 2.06. The van der Waals surface area contributed by atoms with Gasteiger partial charge in [0.1, 0.15) is 0 Å². The largest absolute Gasteiger partial charge is 0.397 e. The predicted molar refractivity (Wildman–Crippen MR) is 62.5 cm³/mol. The number of nitrogen functional groups attached to an aromatic ring is 1. The van der Waals surface area contributed by atoms with E-state index < -0.39 is 6.10 Å². The molecule has 1 unspecified atom stereocenters. The molecule has 0 radical (unpaired) electrons. The van der Waals surface area contributed by atoms with Crippen molar-refractivity contribution in [3.05, 3.63) is 22.2 Å². The molecule has 0 aromatic heterocycles. The van der Waals surface area contributed by atoms with Crippen molar-refractivity contribution >= 4 is 34.6 Å². The van der Waals surface area contributed by atoms with Gasteiger partial charge in [0.25, 0.3) is 0 Å². The fraction of sp³-hybridized carbons (Fsp3) is 0.333. The fourth-order valence-electron chi connectivity index (χ4n) is 1.01. The summed E-state index contributed by atoms with van der Waals surface area (Å²) in [5.74, 6) is 0. The zero-order valence-corrected chi connectivity index (χ0v) is 9.39. The molecule has 0 aliphatic rings. The number of hydrogen-bond donors (Lipinski definition) is 4. The lowest BCUT2D eigenvalue weighted by Crippen LogP contribution is -2.23. The maximum atomic E-state index is 9.12. The number of nitrogens with two attached hydrogens (primary N) is 1. The third-order valence-corrected chi connectivity index (χ3v) is 2.55. The lowest BCUT2D eigenvalue weighted by molar-refractivity contribution is 0.105. The molecular weight excluding hydrogens is 239 g/mol. The van der Waals surface area contributed by atoms with Crippen molar-refractivity contribution in [3.8, 4) is 0 Å². The molecule has 0 bridgehead atoms. The monoisotopic (exact) mass is 250 g/mol. The Morgan fingerprint density at radius 3 is 2.53 bits per heavy atom. The van der Waals surface area contributed by atoms with Gasteiger partial charge in [0.2, 0.25) is 0 Å². The van der Waals surface area contributed by atoms with E-state index in [9.17, 15) is 0 Å². The number of aliphatic hydroxyl groups excluding tert-OH is 2. The highest BCUT2D eigenvalue weighted by Crippen LogP contribution is 2.30. The number of nitrogens with one attached hydrogen (secondary N) is 1. The molecule has 84 valence electrons. The van der Waals surface area contributed by atoms with Gasteiger partial charge in [-0.25, -0.2) is 0 Å². The maximum absolute atomic E-state index is 9.12. The summed E-state index contributed by atoms with van der Waals surface area (Å²) in [5.41, 5.74) is 6.69. The second kappa shape index (κ2) is 5.42. The highest BCUT2D eigenvalue weighted by atomic mass is 35.5. The molecule has 0 fully saturated rings. The SMILES string of the molecule is Nc1cc(Cl)c(Cl)cc1NCC(O)CO. The van der Waals surface area contributed by atoms with Crippen molar-refractivity contribution in [2.24, 2.45) is 0 Å². The van der Waals surface area contributed by atoms with Crippen LogP contribution in [0.1, 0.15) is 0 Å². The van der Waals surface area contributed by atoms with E-state index >= 15 is 0 Å². The molecule has 1 atom stereocenters. The summed E-state index contributed by atoms with van der Waals surface area (Å²) in [6.45, 7) is -0.118. The van der Waals surface area contributed by atoms with Gasteiger partial charge in [0.05, 0.1) is 34.1 Å². The number of rotatable bonds is 4. The van der Waals surface area contributed by atoms with Crippen LogP contribution in [0.3, 0.4) is 0 Å². The Morgan fingerprint density at radius 1 is 1.33 bits per heavy atom. The molecule has 0 aliphatic heterocycles. The molecule has 15 heavy (non-hydrogen) atoms. The second-order valence-corrected chi connectivity index (χ2v) is 3.89. The molecule has 4 nitrogen and oxygen atoms in total. The summed E-state index contributed by atoms with van der Waals surface area (Å²) in [5, 5.41) is 21.3. The van der Waals surface area contributed by atoms with E-state index in [4.69, 9.17) is 39.1 Å². The molecule has 0 amide bonds. The smallest absolute Gasteiger partial charge is 0.0942 e. The van der Waals surface area contributed by atoms with E-state index in [-0.39, 0.29) is 13.2 Å². The molecule has 0 saturated heterocycles. The van der Waals surface area contributed by atoms with Gasteiger partial charge >= 0.3 is 0 Å². The summed E-state index contributed by atoms with van der Waals surface area (Å²) < 4.78 is 0. The Balaban J connectivity index is 2.73. The summed E-state index contributed by atoms with van der Waals surface area (Å²) in [6, 6.07) is 3.10. The van der Waals surface area contributed by atoms with E-state index in [1.54, 1.807) is 6.07 Å². The minimum atomic E-state index is -0.834. The standard InChI is InChI=1S/C9H12Cl2N2O2/c10-6-1-8(12)9(2-7(6)11)13-3-5(15)4-14/h1-2,5,13-15H,3-4,12H2. The van der Waals surface area contributed by atoms with Gasteiger partial charge in [-0.1, -0.05) is 23.2 Å². The summed E-state index contributed by atoms with van der Waals surface area (Å²) in [6.07, 6.45) is -0.834. The van der Waals surface area contributed by atoms with Crippen LogP contribution in [0.2, 0.25) is 10.0 Å². The van der Waals surface area contributed by atoms with Crippen molar-refractivity contribution in [1.29, 1.82) is 0 Å². The topological polar surface area (TPSA) is 78.5 Å². The van der Waals surface area contributed by atoms with Crippen LogP contribution < -0.4 is 11.1 Å². The van der Waals surface area contributed by atoms with Crippen LogP contribution in [0, 0.1) is 0 Å². The summed E-state index contributed by atoms with van der Waals surface area (Å²) >= 11 is 11.5. The van der Waals surface area contributed by atoms with Gasteiger partial charge in [0.15, 0.2) is 0 Å². The molecule has 1 rings (SSSR count). The average molecular weight is 251 g/mol. The van der Waals surface area contributed by atoms with Crippen molar-refractivity contribution in [2.75, 3.05) is 24.2 Å². The molecule has 5 N–H and O–H groups in total. The average Bonchev–Trinajstić information content (AvgIpc) is 2.21. The fourth-order valence-corrected chi connectivity index (χ4v) is 1.34. The zero-order chi connectivity index (χ0) is 11.4. The Kier molecular flexibility index (Phi) is 4.47. The third kappa shape index (κ3) is 3.43. The Morgan fingerprint density at radius 2 is 1.93 bits per heavy atom. The van der Waals surface area contributed by atoms with E-state index in [1.165, 1.54) is 6.07 Å². The summed E-state index contributed by atoms with van der Waals surface area (Å²) in [4.78, 5) is 0. The highest BCUT2D eigenvalue weighted by molar-refractivity contribution is 6.42. The molecule has 0 aliphatic carbocycles. The van der Waals surface area contributed by atoms with Crippen molar-refractivity contribution < 1.29 is 10.2 Å². The molecular formula is C9H12Cl2N2O2. The van der Waals surface area contributed by atoms with Crippen molar-refractivity contribution in [3.63, 3.8) is 0 Å². The van der Waals surface area contributed by atoms with Gasteiger partial charge in [-0.3, -0.25) is 0 Å². The first kappa shape index (κ1) is 12.4. The number of anilines is 2. The predicted octanol–water partition coefficient (Wildman–Crippen LogP) is 1.34. The first-order chi connectivity index (χ1) is 7.04. The van der Waals surface area contributed by atoms with E-state index in [0.29, 0.717) is 21.4 Å². The van der Waals surface area contributed by atoms with Gasteiger partial charge in [0, 0.05) is 6.54 Å². The number of benzene rings is 1. The van der Waals surface area contributed by atoms with Crippen LogP contribution in [-0.2, 0) is 0 Å². The van der Waals surface area contributed by atoms with Crippen LogP contribution in [-0.4, -0.2) is 29.5 Å². The molecule has 1 aromatic rings. The van der Waals surface area contributed by atoms with Crippen LogP contribution in [0.5, 0.6) is 0 Å². The molecule has 0 saturated carbocycles. The molecule has 6 heteroatoms. The minimum Gasteiger partial charge on any atom is -0.397 e. The van der Waals surface area contributed by atoms with Crippen LogP contribution in [0.25, 0.3) is 0 Å². The first-order valence-electron chi connectivity index (χ1n) is 4.32. The maximum Gasteiger partial charge on any atom is 0.0942 e. The first-order valence-corrected chi connectivity index (χ1v) is 5.07. The molecule has 0 spiro atoms. The minimum absolute atomic E-state index is 0.193. The van der Waals surface area contributed by atoms with E-state index in [1.807, 2.05) is 0 Å². The van der Waals surface area contributed by atoms with Gasteiger partial charge in [-0.15, -0.1) is 0 Å². The number of aliphatic hydroxyl groups is 2. The summed E-state index contributed by atoms with van der Waals surface area (Å²) in [7, 11) is 0. The van der Waals surface area contributed by atoms with Crippen LogP contribution >= 0.6 is 23.2 Å². The quantitative estimate of drug-likeness (QED) is 0.609. The van der Waals surface area contributed by atoms with Gasteiger partial charge in [-0.05, 0) is 12.1 Å². The zero-order valence-electron chi connectivity index (χ0n) is 7.87. The molecule has 1 aromatic carbocycles. The lowest BCUT2D eigenvalue weighted by Gasteiger charge is -2.13. The number of halogens is 2. The van der Waals surface area contributed by atoms with Crippen molar-refractivity contribution in [1.82, 2.24) is 0 Å². The van der Waals surface area contributed by atoms with E-state index in [2.05, 4.69) is 5.32 Å². The third-order valence-electron chi connectivity index (χ3n) is 1.83.